The molecule has 0 saturated heterocycles. The van der Waals surface area contributed by atoms with Crippen molar-refractivity contribution in [2.24, 2.45) is 0 Å². The van der Waals surface area contributed by atoms with E-state index in [1.807, 2.05) is 24.3 Å². The monoisotopic (exact) mass is 575 g/mol. The quantitative estimate of drug-likeness (QED) is 0.149. The Balaban J connectivity index is 1.81. The number of fused-ring (bicyclic) bond motifs is 1. The molecule has 197 valence electrons. The summed E-state index contributed by atoms with van der Waals surface area (Å²) in [5.41, 5.74) is 4.59. The number of aromatic nitrogens is 2. The standard InChI is InChI=1S/C35H17B10N2/c1-3-16-23(26(40)22(38)14-36)27(41)30(44)32-24(16)33(31(45)29(43)28(42)25(39)15(2)37)47-34(46-32)35-13-12-17(18-8-4-6-10-20(18)35)19-9-5-7-11-21(19)35/h1,4-13,17H,14H2,2H3/b25-15-,26-22-,29-28-. The van der Waals surface area contributed by atoms with Crippen LogP contribution in [0.5, 0.6) is 0 Å². The molecule has 7 rings (SSSR count). The van der Waals surface area contributed by atoms with Crippen molar-refractivity contribution >= 4 is 111 Å². The van der Waals surface area contributed by atoms with E-state index in [-0.39, 0.29) is 89.2 Å². The summed E-state index contributed by atoms with van der Waals surface area (Å²) in [6.07, 6.45) is 10.3. The van der Waals surface area contributed by atoms with Gasteiger partial charge in [0.2, 0.25) is 0 Å². The minimum absolute atomic E-state index is 0.0413. The fraction of sp³-hybridized carbons (Fsp3) is 0.114. The van der Waals surface area contributed by atoms with E-state index in [9.17, 15) is 0 Å². The first kappa shape index (κ1) is 33.0. The molecule has 3 aliphatic rings. The van der Waals surface area contributed by atoms with E-state index in [0.717, 1.165) is 22.3 Å². The molecule has 0 fully saturated rings. The first-order valence-corrected chi connectivity index (χ1v) is 14.7. The summed E-state index contributed by atoms with van der Waals surface area (Å²) in [6.45, 7) is 1.59. The molecule has 2 nitrogen and oxygen atoms in total. The van der Waals surface area contributed by atoms with Gasteiger partial charge in [-0.2, -0.15) is 0 Å². The molecule has 3 aliphatic carbocycles. The van der Waals surface area contributed by atoms with Gasteiger partial charge in [-0.1, -0.05) is 0 Å². The Morgan fingerprint density at radius 2 is 1.45 bits per heavy atom. The third kappa shape index (κ3) is 4.84. The van der Waals surface area contributed by atoms with Crippen LogP contribution in [-0.4, -0.2) is 93.5 Å². The van der Waals surface area contributed by atoms with Crippen molar-refractivity contribution in [3.63, 3.8) is 0 Å². The van der Waals surface area contributed by atoms with Crippen molar-refractivity contribution in [1.82, 2.24) is 9.97 Å². The Kier molecular flexibility index (Phi) is 8.59. The summed E-state index contributed by atoms with van der Waals surface area (Å²) in [7, 11) is 63.7. The molecule has 0 N–H and O–H groups in total. The van der Waals surface area contributed by atoms with Crippen molar-refractivity contribution in [1.29, 1.82) is 0 Å². The molecule has 0 atom stereocenters. The van der Waals surface area contributed by atoms with Crippen LogP contribution in [0.25, 0.3) is 16.4 Å². The van der Waals surface area contributed by atoms with Crippen LogP contribution < -0.4 is 10.9 Å². The second-order valence-corrected chi connectivity index (χ2v) is 11.6. The third-order valence-electron chi connectivity index (χ3n) is 9.09. The molecule has 0 aliphatic heterocycles. The molecule has 2 bridgehead atoms. The van der Waals surface area contributed by atoms with E-state index in [2.05, 4.69) is 42.3 Å². The predicted octanol–water partition coefficient (Wildman–Crippen LogP) is 0.947. The molecule has 1 heterocycles. The Labute approximate surface area is 289 Å². The van der Waals surface area contributed by atoms with Gasteiger partial charge in [0.05, 0.1) is 0 Å². The summed E-state index contributed by atoms with van der Waals surface area (Å²) in [4.78, 5) is 10.3. The number of hydrogen-bond acceptors (Lipinski definition) is 2. The summed E-state index contributed by atoms with van der Waals surface area (Å²) < 4.78 is 0. The Morgan fingerprint density at radius 1 is 0.851 bits per heavy atom. The zero-order valence-corrected chi connectivity index (χ0v) is 25.8. The Morgan fingerprint density at radius 3 is 2.00 bits per heavy atom. The fourth-order valence-corrected chi connectivity index (χ4v) is 6.62. The maximum atomic E-state index is 6.85. The van der Waals surface area contributed by atoms with Gasteiger partial charge in [-0.3, -0.25) is 0 Å². The zero-order valence-electron chi connectivity index (χ0n) is 25.8. The molecule has 47 heavy (non-hydrogen) atoms. The first-order valence-electron chi connectivity index (χ1n) is 14.7. The molecule has 0 spiro atoms. The van der Waals surface area contributed by atoms with Crippen LogP contribution in [0.2, 0.25) is 6.32 Å². The molecular formula is C35H17B10N2. The molecule has 12 heteroatoms. The van der Waals surface area contributed by atoms with Crippen molar-refractivity contribution in [2.75, 3.05) is 0 Å². The second kappa shape index (κ2) is 12.2. The van der Waals surface area contributed by atoms with E-state index >= 15 is 0 Å². The minimum atomic E-state index is -0.943. The van der Waals surface area contributed by atoms with E-state index < -0.39 is 5.41 Å². The number of rotatable bonds is 6. The van der Waals surface area contributed by atoms with Crippen molar-refractivity contribution < 1.29 is 0 Å². The van der Waals surface area contributed by atoms with Gasteiger partial charge in [0.25, 0.3) is 0 Å². The van der Waals surface area contributed by atoms with Crippen LogP contribution in [0.4, 0.5) is 0 Å². The van der Waals surface area contributed by atoms with Gasteiger partial charge in [-0.15, -0.1) is 0 Å². The van der Waals surface area contributed by atoms with Gasteiger partial charge >= 0.3 is 291 Å². The molecule has 0 amide bonds. The Hall–Kier alpha value is -3.96. The number of terminal acetylenes is 1. The van der Waals surface area contributed by atoms with Gasteiger partial charge in [-0.05, 0) is 0 Å². The van der Waals surface area contributed by atoms with Gasteiger partial charge in [0.15, 0.2) is 0 Å². The van der Waals surface area contributed by atoms with Crippen LogP contribution in [0.3, 0.4) is 0 Å². The maximum absolute atomic E-state index is 6.85. The van der Waals surface area contributed by atoms with Gasteiger partial charge in [-0.25, -0.2) is 0 Å². The van der Waals surface area contributed by atoms with E-state index in [1.165, 1.54) is 0 Å². The Bertz CT molecular complexity index is 2170. The second-order valence-electron chi connectivity index (χ2n) is 11.6. The van der Waals surface area contributed by atoms with Crippen LogP contribution in [-0.2, 0) is 5.41 Å². The molecule has 0 saturated carbocycles. The third-order valence-corrected chi connectivity index (χ3v) is 9.09. The predicted molar refractivity (Wildman–Crippen MR) is 204 cm³/mol. The molecule has 4 aromatic rings. The zero-order chi connectivity index (χ0) is 33.9. The van der Waals surface area contributed by atoms with Crippen molar-refractivity contribution in [2.45, 2.75) is 24.6 Å². The van der Waals surface area contributed by atoms with Gasteiger partial charge in [0.1, 0.15) is 0 Å². The van der Waals surface area contributed by atoms with Gasteiger partial charge < -0.3 is 0 Å². The van der Waals surface area contributed by atoms with Crippen molar-refractivity contribution in [3.05, 3.63) is 133 Å². The first-order chi connectivity index (χ1) is 22.4. The van der Waals surface area contributed by atoms with Crippen LogP contribution in [0, 0.1) is 12.3 Å². The molecular weight excluding hydrogens is 557 g/mol. The van der Waals surface area contributed by atoms with Gasteiger partial charge in [0, 0.05) is 0 Å². The molecule has 0 unspecified atom stereocenters. The van der Waals surface area contributed by atoms with E-state index in [4.69, 9.17) is 94.5 Å². The summed E-state index contributed by atoms with van der Waals surface area (Å²) in [6, 6.07) is 16.3. The average Bonchev–Trinajstić information content (AvgIpc) is 3.10. The van der Waals surface area contributed by atoms with E-state index in [0.29, 0.717) is 5.82 Å². The summed E-state index contributed by atoms with van der Waals surface area (Å²) in [5, 5.41) is 0.262. The SMILES string of the molecule is [B]C/C([B])=C(/[B])c1c([B])c([B])c2nc(C34C=CC(c5ccccc53)c3ccccc34)nc(C(=[B])/C([B])=C([B])\C([B])=C(\[B])C)c2c1C#C. The number of nitrogens with zero attached hydrogens (tertiary/aromatic N) is 2. The van der Waals surface area contributed by atoms with Crippen LogP contribution >= 0.6 is 0 Å². The van der Waals surface area contributed by atoms with Crippen molar-refractivity contribution in [3.8, 4) is 12.3 Å². The van der Waals surface area contributed by atoms with Crippen LogP contribution in [0.1, 0.15) is 57.7 Å². The number of benzene rings is 3. The fourth-order valence-electron chi connectivity index (χ4n) is 6.62. The normalized spacial score (nSPS) is 19.2. The number of hydrogen-bond donors (Lipinski definition) is 0. The molecule has 1 aromatic heterocycles. The molecule has 19 radical (unpaired) electrons. The summed E-state index contributed by atoms with van der Waals surface area (Å²) >= 11 is 0. The number of allylic oxidation sites excluding steroid dienone is 7. The average molecular weight is 574 g/mol. The van der Waals surface area contributed by atoms with E-state index in [1.54, 1.807) is 6.92 Å². The summed E-state index contributed by atoms with van der Waals surface area (Å²) in [5.74, 6) is 3.10. The molecule has 3 aromatic carbocycles. The van der Waals surface area contributed by atoms with Crippen LogP contribution in [0.15, 0.2) is 88.0 Å². The topological polar surface area (TPSA) is 25.8 Å².